The van der Waals surface area contributed by atoms with Crippen molar-refractivity contribution in [1.29, 1.82) is 0 Å². The Labute approximate surface area is 125 Å². The van der Waals surface area contributed by atoms with E-state index in [1.807, 2.05) is 0 Å². The topological polar surface area (TPSA) is 64.4 Å². The summed E-state index contributed by atoms with van der Waals surface area (Å²) in [6, 6.07) is 8.76. The summed E-state index contributed by atoms with van der Waals surface area (Å²) >= 11 is 6.07. The van der Waals surface area contributed by atoms with Gasteiger partial charge in [0.1, 0.15) is 11.4 Å². The zero-order valence-electron chi connectivity index (χ0n) is 11.1. The van der Waals surface area contributed by atoms with Crippen LogP contribution in [0.15, 0.2) is 36.4 Å². The molecule has 0 aromatic heterocycles. The maximum Gasteiger partial charge on any atom is 0.295 e. The van der Waals surface area contributed by atoms with Crippen LogP contribution in [-0.4, -0.2) is 12.0 Å². The van der Waals surface area contributed by atoms with E-state index in [1.165, 1.54) is 19.2 Å². The SMILES string of the molecule is COc1cccc(Cl)c1CNc1c(F)cccc1[N+](=O)[O-]. The number of anilines is 1. The van der Waals surface area contributed by atoms with Crippen LogP contribution in [-0.2, 0) is 6.54 Å². The van der Waals surface area contributed by atoms with Gasteiger partial charge in [-0.3, -0.25) is 10.1 Å². The molecule has 5 nitrogen and oxygen atoms in total. The number of benzene rings is 2. The molecule has 0 saturated carbocycles. The van der Waals surface area contributed by atoms with Gasteiger partial charge in [-0.2, -0.15) is 0 Å². The maximum absolute atomic E-state index is 13.8. The van der Waals surface area contributed by atoms with Crippen LogP contribution in [0.3, 0.4) is 0 Å². The normalized spacial score (nSPS) is 10.2. The predicted molar refractivity (Wildman–Crippen MR) is 78.4 cm³/mol. The fraction of sp³-hybridized carbons (Fsp3) is 0.143. The number of ether oxygens (including phenoxy) is 1. The van der Waals surface area contributed by atoms with Gasteiger partial charge >= 0.3 is 0 Å². The molecular formula is C14H12ClFN2O3. The third-order valence-corrected chi connectivity index (χ3v) is 3.28. The number of hydrogen-bond acceptors (Lipinski definition) is 4. The molecule has 0 radical (unpaired) electrons. The standard InChI is InChI=1S/C14H12ClFN2O3/c1-21-13-7-2-4-10(15)9(13)8-17-14-11(16)5-3-6-12(14)18(19)20/h2-7,17H,8H2,1H3. The molecule has 2 aromatic rings. The van der Waals surface area contributed by atoms with Crippen molar-refractivity contribution < 1.29 is 14.1 Å². The van der Waals surface area contributed by atoms with Crippen LogP contribution in [0.25, 0.3) is 0 Å². The Morgan fingerprint density at radius 1 is 1.33 bits per heavy atom. The molecule has 0 aliphatic heterocycles. The average Bonchev–Trinajstić information content (AvgIpc) is 2.46. The second-order valence-electron chi connectivity index (χ2n) is 4.17. The fourth-order valence-corrected chi connectivity index (χ4v) is 2.15. The van der Waals surface area contributed by atoms with Crippen LogP contribution in [0.1, 0.15) is 5.56 Å². The largest absolute Gasteiger partial charge is 0.496 e. The van der Waals surface area contributed by atoms with Crippen molar-refractivity contribution in [3.05, 3.63) is 62.9 Å². The van der Waals surface area contributed by atoms with Gasteiger partial charge in [-0.1, -0.05) is 23.7 Å². The lowest BCUT2D eigenvalue weighted by Gasteiger charge is -2.12. The molecule has 2 aromatic carbocycles. The Kier molecular flexibility index (Phi) is 4.59. The summed E-state index contributed by atoms with van der Waals surface area (Å²) in [7, 11) is 1.49. The van der Waals surface area contributed by atoms with Crippen LogP contribution in [0.4, 0.5) is 15.8 Å². The lowest BCUT2D eigenvalue weighted by Crippen LogP contribution is -2.06. The van der Waals surface area contributed by atoms with E-state index >= 15 is 0 Å². The van der Waals surface area contributed by atoms with Crippen LogP contribution in [0.5, 0.6) is 5.75 Å². The third kappa shape index (κ3) is 3.22. The molecule has 7 heteroatoms. The number of methoxy groups -OCH3 is 1. The number of nitrogens with zero attached hydrogens (tertiary/aromatic N) is 1. The highest BCUT2D eigenvalue weighted by atomic mass is 35.5. The molecule has 0 amide bonds. The van der Waals surface area contributed by atoms with Gasteiger partial charge in [-0.25, -0.2) is 4.39 Å². The third-order valence-electron chi connectivity index (χ3n) is 2.93. The van der Waals surface area contributed by atoms with Crippen molar-refractivity contribution in [2.45, 2.75) is 6.54 Å². The molecule has 0 aliphatic rings. The molecule has 0 fully saturated rings. The Hall–Kier alpha value is -2.34. The zero-order valence-corrected chi connectivity index (χ0v) is 11.9. The van der Waals surface area contributed by atoms with Gasteiger partial charge in [-0.15, -0.1) is 0 Å². The van der Waals surface area contributed by atoms with Gasteiger partial charge < -0.3 is 10.1 Å². The van der Waals surface area contributed by atoms with Crippen molar-refractivity contribution in [1.82, 2.24) is 0 Å². The molecule has 0 heterocycles. The van der Waals surface area contributed by atoms with E-state index in [0.29, 0.717) is 16.3 Å². The monoisotopic (exact) mass is 310 g/mol. The molecule has 1 N–H and O–H groups in total. The first kappa shape index (κ1) is 15.1. The summed E-state index contributed by atoms with van der Waals surface area (Å²) in [5.41, 5.74) is 0.0877. The number of nitro groups is 1. The van der Waals surface area contributed by atoms with Gasteiger partial charge in [0, 0.05) is 23.2 Å². The van der Waals surface area contributed by atoms with Crippen molar-refractivity contribution in [2.24, 2.45) is 0 Å². The quantitative estimate of drug-likeness (QED) is 0.669. The summed E-state index contributed by atoms with van der Waals surface area (Å²) in [4.78, 5) is 10.3. The lowest BCUT2D eigenvalue weighted by atomic mass is 10.2. The fourth-order valence-electron chi connectivity index (χ4n) is 1.92. The van der Waals surface area contributed by atoms with E-state index in [9.17, 15) is 14.5 Å². The van der Waals surface area contributed by atoms with Crippen LogP contribution < -0.4 is 10.1 Å². The second-order valence-corrected chi connectivity index (χ2v) is 4.57. The van der Waals surface area contributed by atoms with Gasteiger partial charge in [0.2, 0.25) is 0 Å². The highest BCUT2D eigenvalue weighted by Gasteiger charge is 2.18. The van der Waals surface area contributed by atoms with E-state index in [-0.39, 0.29) is 17.9 Å². The second kappa shape index (κ2) is 6.41. The summed E-state index contributed by atoms with van der Waals surface area (Å²) in [5, 5.41) is 14.1. The van der Waals surface area contributed by atoms with Crippen molar-refractivity contribution in [3.8, 4) is 5.75 Å². The van der Waals surface area contributed by atoms with Gasteiger partial charge in [-0.05, 0) is 18.2 Å². The summed E-state index contributed by atoms with van der Waals surface area (Å²) in [5.74, 6) is -0.177. The number of hydrogen-bond donors (Lipinski definition) is 1. The smallest absolute Gasteiger partial charge is 0.295 e. The van der Waals surface area contributed by atoms with Crippen LogP contribution in [0, 0.1) is 15.9 Å². The van der Waals surface area contributed by atoms with Gasteiger partial charge in [0.15, 0.2) is 5.82 Å². The van der Waals surface area contributed by atoms with Crippen LogP contribution in [0.2, 0.25) is 5.02 Å². The summed E-state index contributed by atoms with van der Waals surface area (Å²) in [6.45, 7) is 0.102. The minimum atomic E-state index is -0.699. The highest BCUT2D eigenvalue weighted by Crippen LogP contribution is 2.31. The molecule has 110 valence electrons. The van der Waals surface area contributed by atoms with Gasteiger partial charge in [0.05, 0.1) is 12.0 Å². The van der Waals surface area contributed by atoms with E-state index < -0.39 is 10.7 Å². The Morgan fingerprint density at radius 3 is 2.71 bits per heavy atom. The van der Waals surface area contributed by atoms with E-state index in [4.69, 9.17) is 16.3 Å². The number of rotatable bonds is 5. The predicted octanol–water partition coefficient (Wildman–Crippen LogP) is 4.01. The number of halogens is 2. The Morgan fingerprint density at radius 2 is 2.05 bits per heavy atom. The average molecular weight is 311 g/mol. The summed E-state index contributed by atoms with van der Waals surface area (Å²) in [6.07, 6.45) is 0. The maximum atomic E-state index is 13.8. The van der Waals surface area contributed by atoms with Crippen molar-refractivity contribution in [3.63, 3.8) is 0 Å². The number of para-hydroxylation sites is 1. The molecule has 0 spiro atoms. The minimum absolute atomic E-state index is 0.102. The molecule has 0 bridgehead atoms. The molecule has 2 rings (SSSR count). The minimum Gasteiger partial charge on any atom is -0.496 e. The first-order valence-electron chi connectivity index (χ1n) is 6.02. The van der Waals surface area contributed by atoms with E-state index in [0.717, 1.165) is 6.07 Å². The number of nitro benzene ring substituents is 1. The first-order valence-corrected chi connectivity index (χ1v) is 6.40. The molecule has 0 aliphatic carbocycles. The van der Waals surface area contributed by atoms with E-state index in [2.05, 4.69) is 5.32 Å². The molecule has 0 unspecified atom stereocenters. The van der Waals surface area contributed by atoms with Crippen molar-refractivity contribution in [2.75, 3.05) is 12.4 Å². The Bertz CT molecular complexity index is 679. The van der Waals surface area contributed by atoms with E-state index in [1.54, 1.807) is 18.2 Å². The molecule has 0 atom stereocenters. The van der Waals surface area contributed by atoms with Gasteiger partial charge in [0.25, 0.3) is 5.69 Å². The Balaban J connectivity index is 2.31. The zero-order chi connectivity index (χ0) is 15.4. The molecular weight excluding hydrogens is 299 g/mol. The van der Waals surface area contributed by atoms with Crippen LogP contribution >= 0.6 is 11.6 Å². The lowest BCUT2D eigenvalue weighted by molar-refractivity contribution is -0.384. The highest BCUT2D eigenvalue weighted by molar-refractivity contribution is 6.31. The van der Waals surface area contributed by atoms with Crippen molar-refractivity contribution >= 4 is 23.0 Å². The first-order chi connectivity index (χ1) is 10.0. The molecule has 0 saturated heterocycles. The molecule has 21 heavy (non-hydrogen) atoms. The summed E-state index contributed by atoms with van der Waals surface area (Å²) < 4.78 is 18.9. The number of nitrogens with one attached hydrogen (secondary N) is 1.